The number of para-hydroxylation sites is 1. The van der Waals surface area contributed by atoms with Crippen LogP contribution in [0.1, 0.15) is 22.8 Å². The first-order valence-corrected chi connectivity index (χ1v) is 9.26. The fourth-order valence-corrected chi connectivity index (χ4v) is 3.45. The van der Waals surface area contributed by atoms with Crippen LogP contribution in [0.4, 0.5) is 5.69 Å². The van der Waals surface area contributed by atoms with Gasteiger partial charge in [-0.1, -0.05) is 18.2 Å². The zero-order chi connectivity index (χ0) is 18.6. The molecule has 1 fully saturated rings. The number of fused-ring (bicyclic) bond motifs is 1. The van der Waals surface area contributed by atoms with E-state index in [2.05, 4.69) is 9.88 Å². The van der Waals surface area contributed by atoms with Gasteiger partial charge in [0.2, 0.25) is 0 Å². The molecule has 0 radical (unpaired) electrons. The Morgan fingerprint density at radius 1 is 1.11 bits per heavy atom. The molecule has 0 unspecified atom stereocenters. The van der Waals surface area contributed by atoms with Crippen molar-refractivity contribution in [2.75, 3.05) is 37.8 Å². The maximum absolute atomic E-state index is 13.3. The molecular formula is C22H22N2O3. The van der Waals surface area contributed by atoms with E-state index in [1.807, 2.05) is 55.5 Å². The highest BCUT2D eigenvalue weighted by Gasteiger charge is 2.23. The Balaban J connectivity index is 1.79. The molecule has 0 saturated carbocycles. The lowest BCUT2D eigenvalue weighted by molar-refractivity contribution is 0.103. The summed E-state index contributed by atoms with van der Waals surface area (Å²) in [6, 6.07) is 15.2. The van der Waals surface area contributed by atoms with Gasteiger partial charge in [0.15, 0.2) is 5.78 Å². The molecule has 1 aliphatic heterocycles. The van der Waals surface area contributed by atoms with Crippen LogP contribution < -0.4 is 9.64 Å². The fraction of sp³-hybridized carbons (Fsp3) is 0.273. The maximum atomic E-state index is 13.3. The van der Waals surface area contributed by atoms with Gasteiger partial charge in [0.1, 0.15) is 5.75 Å². The quantitative estimate of drug-likeness (QED) is 0.648. The summed E-state index contributed by atoms with van der Waals surface area (Å²) in [5.41, 5.74) is 3.09. The highest BCUT2D eigenvalue weighted by atomic mass is 16.5. The van der Waals surface area contributed by atoms with Crippen molar-refractivity contribution >= 4 is 22.4 Å². The normalized spacial score (nSPS) is 14.3. The van der Waals surface area contributed by atoms with Crippen LogP contribution >= 0.6 is 0 Å². The summed E-state index contributed by atoms with van der Waals surface area (Å²) in [7, 11) is 0. The van der Waals surface area contributed by atoms with E-state index in [0.717, 1.165) is 35.4 Å². The Labute approximate surface area is 158 Å². The summed E-state index contributed by atoms with van der Waals surface area (Å²) in [4.78, 5) is 20.0. The van der Waals surface area contributed by atoms with Crippen molar-refractivity contribution in [2.24, 2.45) is 0 Å². The van der Waals surface area contributed by atoms with Crippen LogP contribution in [0.15, 0.2) is 54.7 Å². The topological polar surface area (TPSA) is 51.7 Å². The average molecular weight is 362 g/mol. The second-order valence-corrected chi connectivity index (χ2v) is 6.42. The van der Waals surface area contributed by atoms with E-state index in [-0.39, 0.29) is 5.78 Å². The van der Waals surface area contributed by atoms with Crippen LogP contribution in [-0.4, -0.2) is 43.7 Å². The van der Waals surface area contributed by atoms with Crippen molar-refractivity contribution in [3.63, 3.8) is 0 Å². The minimum atomic E-state index is -0.0298. The van der Waals surface area contributed by atoms with Gasteiger partial charge < -0.3 is 14.4 Å². The van der Waals surface area contributed by atoms with E-state index in [1.54, 1.807) is 6.20 Å². The summed E-state index contributed by atoms with van der Waals surface area (Å²) in [5, 5.41) is 0.996. The minimum Gasteiger partial charge on any atom is -0.494 e. The summed E-state index contributed by atoms with van der Waals surface area (Å²) >= 11 is 0. The van der Waals surface area contributed by atoms with Gasteiger partial charge in [-0.3, -0.25) is 9.78 Å². The maximum Gasteiger partial charge on any atom is 0.196 e. The molecule has 1 aliphatic rings. The lowest BCUT2D eigenvalue weighted by Crippen LogP contribution is -2.37. The number of carbonyl (C=O) groups is 1. The second kappa shape index (κ2) is 7.76. The predicted molar refractivity (Wildman–Crippen MR) is 106 cm³/mol. The number of ketones is 1. The number of ether oxygens (including phenoxy) is 2. The fourth-order valence-electron chi connectivity index (χ4n) is 3.45. The Morgan fingerprint density at radius 2 is 1.85 bits per heavy atom. The molecule has 4 rings (SSSR count). The Kier molecular flexibility index (Phi) is 5.03. The SMILES string of the molecule is CCOc1ccc(C(=O)c2cnc3ccccc3c2N2CCOCC2)cc1. The van der Waals surface area contributed by atoms with Crippen molar-refractivity contribution in [3.05, 3.63) is 65.9 Å². The standard InChI is InChI=1S/C22H22N2O3/c1-2-27-17-9-7-16(8-10-17)22(25)19-15-23-20-6-4-3-5-18(20)21(19)24-11-13-26-14-12-24/h3-10,15H,2,11-14H2,1H3. The van der Waals surface area contributed by atoms with Gasteiger partial charge in [-0.15, -0.1) is 0 Å². The third kappa shape index (κ3) is 3.51. The van der Waals surface area contributed by atoms with Crippen LogP contribution in [0.3, 0.4) is 0 Å². The van der Waals surface area contributed by atoms with Crippen LogP contribution in [0.25, 0.3) is 10.9 Å². The van der Waals surface area contributed by atoms with Gasteiger partial charge in [0, 0.05) is 30.2 Å². The van der Waals surface area contributed by atoms with E-state index in [9.17, 15) is 4.79 Å². The molecule has 2 heterocycles. The average Bonchev–Trinajstić information content (AvgIpc) is 2.74. The van der Waals surface area contributed by atoms with Gasteiger partial charge in [0.05, 0.1) is 36.6 Å². The zero-order valence-corrected chi connectivity index (χ0v) is 15.4. The number of aromatic nitrogens is 1. The summed E-state index contributed by atoms with van der Waals surface area (Å²) in [6.45, 7) is 5.38. The monoisotopic (exact) mass is 362 g/mol. The summed E-state index contributed by atoms with van der Waals surface area (Å²) < 4.78 is 11.0. The van der Waals surface area contributed by atoms with E-state index < -0.39 is 0 Å². The molecule has 1 saturated heterocycles. The van der Waals surface area contributed by atoms with Gasteiger partial charge in [0.25, 0.3) is 0 Å². The van der Waals surface area contributed by atoms with Crippen molar-refractivity contribution in [2.45, 2.75) is 6.92 Å². The smallest absolute Gasteiger partial charge is 0.196 e. The first-order chi connectivity index (χ1) is 13.3. The first kappa shape index (κ1) is 17.5. The zero-order valence-electron chi connectivity index (χ0n) is 15.4. The molecule has 0 N–H and O–H groups in total. The van der Waals surface area contributed by atoms with E-state index >= 15 is 0 Å². The predicted octanol–water partition coefficient (Wildman–Crippen LogP) is 3.70. The van der Waals surface area contributed by atoms with E-state index in [4.69, 9.17) is 9.47 Å². The van der Waals surface area contributed by atoms with E-state index in [1.165, 1.54) is 0 Å². The molecule has 27 heavy (non-hydrogen) atoms. The third-order valence-corrected chi connectivity index (χ3v) is 4.75. The Bertz CT molecular complexity index is 947. The molecule has 5 nitrogen and oxygen atoms in total. The lowest BCUT2D eigenvalue weighted by atomic mass is 9.99. The number of benzene rings is 2. The van der Waals surface area contributed by atoms with Crippen LogP contribution in [0.5, 0.6) is 5.75 Å². The van der Waals surface area contributed by atoms with Crippen molar-refractivity contribution in [3.8, 4) is 5.75 Å². The molecule has 0 atom stereocenters. The summed E-state index contributed by atoms with van der Waals surface area (Å²) in [6.07, 6.45) is 1.70. The summed E-state index contributed by atoms with van der Waals surface area (Å²) in [5.74, 6) is 0.733. The molecule has 2 aromatic carbocycles. The first-order valence-electron chi connectivity index (χ1n) is 9.26. The van der Waals surface area contributed by atoms with Crippen LogP contribution in [0.2, 0.25) is 0 Å². The number of nitrogens with zero attached hydrogens (tertiary/aromatic N) is 2. The molecule has 0 bridgehead atoms. The third-order valence-electron chi connectivity index (χ3n) is 4.75. The molecule has 3 aromatic rings. The Morgan fingerprint density at radius 3 is 2.59 bits per heavy atom. The van der Waals surface area contributed by atoms with Gasteiger partial charge in [-0.2, -0.15) is 0 Å². The van der Waals surface area contributed by atoms with Gasteiger partial charge in [-0.05, 0) is 37.3 Å². The van der Waals surface area contributed by atoms with Crippen LogP contribution in [0, 0.1) is 0 Å². The molecule has 0 amide bonds. The highest BCUT2D eigenvalue weighted by Crippen LogP contribution is 2.32. The number of hydrogen-bond donors (Lipinski definition) is 0. The molecular weight excluding hydrogens is 340 g/mol. The number of rotatable bonds is 5. The number of hydrogen-bond acceptors (Lipinski definition) is 5. The highest BCUT2D eigenvalue weighted by molar-refractivity contribution is 6.16. The molecule has 0 spiro atoms. The molecule has 1 aromatic heterocycles. The number of carbonyl (C=O) groups excluding carboxylic acids is 1. The molecule has 138 valence electrons. The minimum absolute atomic E-state index is 0.0298. The van der Waals surface area contributed by atoms with E-state index in [0.29, 0.717) is 30.9 Å². The molecule has 5 heteroatoms. The van der Waals surface area contributed by atoms with Crippen LogP contribution in [-0.2, 0) is 4.74 Å². The van der Waals surface area contributed by atoms with Gasteiger partial charge >= 0.3 is 0 Å². The molecule has 0 aliphatic carbocycles. The van der Waals surface area contributed by atoms with Gasteiger partial charge in [-0.25, -0.2) is 0 Å². The number of morpholine rings is 1. The Hall–Kier alpha value is -2.92. The van der Waals surface area contributed by atoms with Crippen molar-refractivity contribution < 1.29 is 14.3 Å². The lowest BCUT2D eigenvalue weighted by Gasteiger charge is -2.31. The largest absolute Gasteiger partial charge is 0.494 e. The van der Waals surface area contributed by atoms with Crippen molar-refractivity contribution in [1.82, 2.24) is 4.98 Å². The number of anilines is 1. The second-order valence-electron chi connectivity index (χ2n) is 6.42. The number of pyridine rings is 1. The van der Waals surface area contributed by atoms with Crippen molar-refractivity contribution in [1.29, 1.82) is 0 Å².